The molecule has 0 fully saturated rings. The Bertz CT molecular complexity index is 779. The van der Waals surface area contributed by atoms with Gasteiger partial charge in [-0.05, 0) is 47.4 Å². The maximum atomic E-state index is 6.04. The first-order chi connectivity index (χ1) is 11.4. The van der Waals surface area contributed by atoms with Crippen LogP contribution in [0.25, 0.3) is 11.1 Å². The average molecular weight is 320 g/mol. The average Bonchev–Trinajstić information content (AvgIpc) is 2.63. The first-order valence-electron chi connectivity index (χ1n) is 7.59. The van der Waals surface area contributed by atoms with Crippen molar-refractivity contribution in [2.75, 3.05) is 12.3 Å². The van der Waals surface area contributed by atoms with Crippen molar-refractivity contribution < 1.29 is 4.74 Å². The number of fused-ring (bicyclic) bond motifs is 1. The zero-order valence-corrected chi connectivity index (χ0v) is 13.4. The minimum atomic E-state index is 0.798. The van der Waals surface area contributed by atoms with Gasteiger partial charge < -0.3 is 9.64 Å². The topological polar surface area (TPSA) is 24.8 Å². The highest BCUT2D eigenvalue weighted by Gasteiger charge is 2.21. The number of hydrogen-bond donors (Lipinski definition) is 0. The molecule has 0 saturated carbocycles. The highest BCUT2D eigenvalue weighted by Crippen LogP contribution is 2.26. The fourth-order valence-electron chi connectivity index (χ4n) is 2.60. The Morgan fingerprint density at radius 2 is 1.74 bits per heavy atom. The Labute approximate surface area is 140 Å². The van der Waals surface area contributed by atoms with Crippen LogP contribution < -0.4 is 4.74 Å². The second kappa shape index (κ2) is 6.34. The van der Waals surface area contributed by atoms with Crippen molar-refractivity contribution in [2.24, 2.45) is 4.40 Å². The maximum Gasteiger partial charge on any atom is 0.183 e. The van der Waals surface area contributed by atoms with Crippen LogP contribution in [0, 0.1) is 0 Å². The van der Waals surface area contributed by atoms with Crippen LogP contribution in [-0.2, 0) is 0 Å². The fraction of sp³-hybridized carbons (Fsp3) is 0.105. The molecule has 0 N–H and O–H groups in total. The lowest BCUT2D eigenvalue weighted by Crippen LogP contribution is -2.34. The highest BCUT2D eigenvalue weighted by atomic mass is 32.2. The summed E-state index contributed by atoms with van der Waals surface area (Å²) in [4.78, 5) is 2.13. The fourth-order valence-corrected chi connectivity index (χ4v) is 3.28. The number of allylic oxidation sites excluding steroid dienone is 2. The van der Waals surface area contributed by atoms with Crippen LogP contribution >= 0.6 is 11.9 Å². The van der Waals surface area contributed by atoms with E-state index >= 15 is 0 Å². The van der Waals surface area contributed by atoms with E-state index in [9.17, 15) is 0 Å². The number of rotatable bonds is 3. The molecule has 0 unspecified atom stereocenters. The molecule has 23 heavy (non-hydrogen) atoms. The molecule has 0 saturated heterocycles. The van der Waals surface area contributed by atoms with Crippen molar-refractivity contribution in [1.29, 1.82) is 0 Å². The number of benzene rings is 2. The minimum absolute atomic E-state index is 0.798. The molecule has 4 heteroatoms. The van der Waals surface area contributed by atoms with Gasteiger partial charge >= 0.3 is 0 Å². The zero-order chi connectivity index (χ0) is 15.5. The first-order valence-corrected chi connectivity index (χ1v) is 8.53. The summed E-state index contributed by atoms with van der Waals surface area (Å²) >= 11 is 1.59. The molecule has 0 aliphatic carbocycles. The van der Waals surface area contributed by atoms with Gasteiger partial charge in [-0.2, -0.15) is 4.40 Å². The number of ether oxygens (including phenoxy) is 1. The van der Waals surface area contributed by atoms with Crippen LogP contribution in [0.3, 0.4) is 0 Å². The van der Waals surface area contributed by atoms with Gasteiger partial charge in [0.25, 0.3) is 0 Å². The molecule has 0 bridgehead atoms. The summed E-state index contributed by atoms with van der Waals surface area (Å²) in [5, 5.41) is 0. The van der Waals surface area contributed by atoms with Crippen LogP contribution in [0.1, 0.15) is 0 Å². The van der Waals surface area contributed by atoms with Gasteiger partial charge in [0, 0.05) is 18.5 Å². The van der Waals surface area contributed by atoms with E-state index in [4.69, 9.17) is 4.74 Å². The van der Waals surface area contributed by atoms with E-state index in [1.54, 1.807) is 11.9 Å². The van der Waals surface area contributed by atoms with Gasteiger partial charge in [-0.25, -0.2) is 0 Å². The van der Waals surface area contributed by atoms with E-state index in [1.807, 2.05) is 48.7 Å². The van der Waals surface area contributed by atoms with Crippen molar-refractivity contribution in [2.45, 2.75) is 0 Å². The Morgan fingerprint density at radius 1 is 0.957 bits per heavy atom. The molecule has 0 aromatic heterocycles. The Balaban J connectivity index is 1.54. The number of amidine groups is 1. The molecule has 3 nitrogen and oxygen atoms in total. The highest BCUT2D eigenvalue weighted by molar-refractivity contribution is 7.98. The van der Waals surface area contributed by atoms with Gasteiger partial charge in [-0.15, -0.1) is 0 Å². The summed E-state index contributed by atoms with van der Waals surface area (Å²) in [6, 6.07) is 18.5. The predicted octanol–water partition coefficient (Wildman–Crippen LogP) is 4.51. The van der Waals surface area contributed by atoms with E-state index in [0.717, 1.165) is 29.6 Å². The predicted molar refractivity (Wildman–Crippen MR) is 96.3 cm³/mol. The van der Waals surface area contributed by atoms with E-state index in [2.05, 4.69) is 33.6 Å². The van der Waals surface area contributed by atoms with Crippen LogP contribution in [0.2, 0.25) is 0 Å². The summed E-state index contributed by atoms with van der Waals surface area (Å²) < 4.78 is 10.5. The second-order valence-electron chi connectivity index (χ2n) is 5.31. The van der Waals surface area contributed by atoms with Crippen molar-refractivity contribution in [1.82, 2.24) is 4.90 Å². The summed E-state index contributed by atoms with van der Waals surface area (Å²) in [6.45, 7) is 0.966. The van der Waals surface area contributed by atoms with Gasteiger partial charge in [0.2, 0.25) is 0 Å². The van der Waals surface area contributed by atoms with Gasteiger partial charge in [0.05, 0.1) is 0 Å². The van der Waals surface area contributed by atoms with E-state index < -0.39 is 0 Å². The molecule has 114 valence electrons. The first kappa shape index (κ1) is 14.2. The number of hydrogen-bond acceptors (Lipinski definition) is 4. The van der Waals surface area contributed by atoms with Crippen LogP contribution in [-0.4, -0.2) is 23.0 Å². The zero-order valence-electron chi connectivity index (χ0n) is 12.6. The van der Waals surface area contributed by atoms with E-state index in [0.29, 0.717) is 0 Å². The smallest absolute Gasteiger partial charge is 0.183 e. The van der Waals surface area contributed by atoms with Crippen LogP contribution in [0.15, 0.2) is 83.1 Å². The van der Waals surface area contributed by atoms with Gasteiger partial charge in [-0.1, -0.05) is 42.5 Å². The monoisotopic (exact) mass is 320 g/mol. The van der Waals surface area contributed by atoms with Gasteiger partial charge in [0.15, 0.2) is 11.6 Å². The standard InChI is InChI=1S/C19H16N2OS/c1-2-5-15(6-3-1)16-8-10-17(11-9-16)22-18-7-4-12-21-13-14-23-20-19(18)21/h1-12H,13-14H2. The van der Waals surface area contributed by atoms with Crippen molar-refractivity contribution in [3.63, 3.8) is 0 Å². The van der Waals surface area contributed by atoms with Crippen molar-refractivity contribution in [3.8, 4) is 16.9 Å². The molecule has 2 aromatic rings. The minimum Gasteiger partial charge on any atom is -0.453 e. The molecule has 0 radical (unpaired) electrons. The normalized spacial score (nSPS) is 16.4. The summed E-state index contributed by atoms with van der Waals surface area (Å²) in [6.07, 6.45) is 6.01. The van der Waals surface area contributed by atoms with Gasteiger partial charge in [-0.3, -0.25) is 0 Å². The lowest BCUT2D eigenvalue weighted by atomic mass is 10.1. The molecule has 2 aromatic carbocycles. The molecule has 2 heterocycles. The van der Waals surface area contributed by atoms with Crippen LogP contribution in [0.4, 0.5) is 0 Å². The maximum absolute atomic E-state index is 6.04. The Morgan fingerprint density at radius 3 is 2.57 bits per heavy atom. The molecule has 2 aliphatic heterocycles. The third-order valence-electron chi connectivity index (χ3n) is 3.77. The molecule has 0 amide bonds. The quantitative estimate of drug-likeness (QED) is 0.778. The summed E-state index contributed by atoms with van der Waals surface area (Å²) in [5.41, 5.74) is 2.39. The SMILES string of the molecule is C1=CN2CCSN=C2C(Oc2ccc(-c3ccccc3)cc2)=C1. The lowest BCUT2D eigenvalue weighted by Gasteiger charge is -2.28. The molecule has 0 atom stereocenters. The molecular weight excluding hydrogens is 304 g/mol. The largest absolute Gasteiger partial charge is 0.453 e. The van der Waals surface area contributed by atoms with Crippen LogP contribution in [0.5, 0.6) is 5.75 Å². The summed E-state index contributed by atoms with van der Waals surface area (Å²) in [7, 11) is 0. The lowest BCUT2D eigenvalue weighted by molar-refractivity contribution is 0.431. The molecular formula is C19H16N2OS. The van der Waals surface area contributed by atoms with Crippen molar-refractivity contribution >= 4 is 17.8 Å². The Kier molecular flexibility index (Phi) is 3.90. The third kappa shape index (κ3) is 3.03. The molecule has 4 rings (SSSR count). The van der Waals surface area contributed by atoms with E-state index in [1.165, 1.54) is 11.1 Å². The molecule has 2 aliphatic rings. The third-order valence-corrected chi connectivity index (χ3v) is 4.44. The summed E-state index contributed by atoms with van der Waals surface area (Å²) in [5.74, 6) is 3.53. The Hall–Kier alpha value is -2.46. The molecule has 0 spiro atoms. The van der Waals surface area contributed by atoms with Crippen molar-refractivity contribution in [3.05, 3.63) is 78.7 Å². The van der Waals surface area contributed by atoms with E-state index in [-0.39, 0.29) is 0 Å². The van der Waals surface area contributed by atoms with Gasteiger partial charge in [0.1, 0.15) is 5.75 Å². The number of nitrogens with zero attached hydrogens (tertiary/aromatic N) is 2. The second-order valence-corrected chi connectivity index (χ2v) is 6.16.